The minimum atomic E-state index is -0.509. The summed E-state index contributed by atoms with van der Waals surface area (Å²) in [5, 5.41) is 14.7. The molecule has 27 heavy (non-hydrogen) atoms. The van der Waals surface area contributed by atoms with Gasteiger partial charge in [-0.25, -0.2) is 4.79 Å². The summed E-state index contributed by atoms with van der Waals surface area (Å²) < 4.78 is 9.95. The summed E-state index contributed by atoms with van der Waals surface area (Å²) >= 11 is 0. The van der Waals surface area contributed by atoms with Gasteiger partial charge in [-0.15, -0.1) is 0 Å². The smallest absolute Gasteiger partial charge is 0.330 e. The molecule has 0 amide bonds. The van der Waals surface area contributed by atoms with Crippen molar-refractivity contribution >= 4 is 23.4 Å². The second kappa shape index (κ2) is 10.0. The molecule has 8 nitrogen and oxygen atoms in total. The normalized spacial score (nSPS) is 16.4. The van der Waals surface area contributed by atoms with Crippen LogP contribution >= 0.6 is 0 Å². The molecule has 1 saturated heterocycles. The summed E-state index contributed by atoms with van der Waals surface area (Å²) in [6.45, 7) is 8.06. The molecular weight excluding hydrogens is 350 g/mol. The zero-order chi connectivity index (χ0) is 19.8. The van der Waals surface area contributed by atoms with Gasteiger partial charge in [0.05, 0.1) is 25.2 Å². The summed E-state index contributed by atoms with van der Waals surface area (Å²) in [5.74, 6) is -0.109. The number of anilines is 1. The van der Waals surface area contributed by atoms with E-state index in [-0.39, 0.29) is 11.7 Å². The van der Waals surface area contributed by atoms with Crippen molar-refractivity contribution < 1.29 is 19.2 Å². The Kier molecular flexibility index (Phi) is 7.75. The van der Waals surface area contributed by atoms with Crippen LogP contribution in [-0.4, -0.2) is 61.8 Å². The van der Waals surface area contributed by atoms with Crippen LogP contribution in [0.3, 0.4) is 0 Å². The number of ether oxygens (including phenoxy) is 2. The Labute approximate surface area is 159 Å². The topological polar surface area (TPSA) is 93.9 Å². The van der Waals surface area contributed by atoms with Gasteiger partial charge in [0.2, 0.25) is 0 Å². The largest absolute Gasteiger partial charge is 0.466 e. The zero-order valence-corrected chi connectivity index (χ0v) is 16.0. The van der Waals surface area contributed by atoms with E-state index in [0.717, 1.165) is 13.1 Å². The standard InChI is InChI=1S/C19H27N3O5/c1-14(2)18(21-8-10-27-11-9-21)13-20-16-6-4-15(5-7-19(23)26-3)12-17(16)22(24)25/h4-7,12,14,18,20H,8-11,13H2,1-3H3/b7-5+. The third-order valence-electron chi connectivity index (χ3n) is 4.62. The Balaban J connectivity index is 2.13. The molecule has 0 spiro atoms. The van der Waals surface area contributed by atoms with Gasteiger partial charge < -0.3 is 14.8 Å². The molecule has 1 unspecified atom stereocenters. The molecule has 1 atom stereocenters. The van der Waals surface area contributed by atoms with Gasteiger partial charge >= 0.3 is 5.97 Å². The minimum Gasteiger partial charge on any atom is -0.466 e. The Morgan fingerprint density at radius 1 is 1.41 bits per heavy atom. The van der Waals surface area contributed by atoms with Crippen LogP contribution < -0.4 is 5.32 Å². The molecule has 8 heteroatoms. The van der Waals surface area contributed by atoms with Crippen molar-refractivity contribution in [1.29, 1.82) is 0 Å². The van der Waals surface area contributed by atoms with Crippen molar-refractivity contribution in [3.8, 4) is 0 Å². The number of nitrogens with zero attached hydrogens (tertiary/aromatic N) is 2. The maximum absolute atomic E-state index is 11.5. The van der Waals surface area contributed by atoms with Gasteiger partial charge in [0.1, 0.15) is 5.69 Å². The summed E-state index contributed by atoms with van der Waals surface area (Å²) in [6, 6.07) is 5.10. The second-order valence-corrected chi connectivity index (χ2v) is 6.73. The average Bonchev–Trinajstić information content (AvgIpc) is 2.67. The highest BCUT2D eigenvalue weighted by molar-refractivity contribution is 5.87. The molecule has 1 aromatic rings. The lowest BCUT2D eigenvalue weighted by molar-refractivity contribution is -0.384. The third-order valence-corrected chi connectivity index (χ3v) is 4.62. The summed E-state index contributed by atoms with van der Waals surface area (Å²) in [6.07, 6.45) is 2.73. The number of benzene rings is 1. The Morgan fingerprint density at radius 3 is 2.70 bits per heavy atom. The van der Waals surface area contributed by atoms with E-state index in [2.05, 4.69) is 28.8 Å². The molecule has 1 aliphatic rings. The van der Waals surface area contributed by atoms with Gasteiger partial charge in [-0.3, -0.25) is 15.0 Å². The van der Waals surface area contributed by atoms with E-state index in [1.165, 1.54) is 25.3 Å². The van der Waals surface area contributed by atoms with Crippen molar-refractivity contribution in [2.75, 3.05) is 45.3 Å². The number of carbonyl (C=O) groups excluding carboxylic acids is 1. The molecule has 148 valence electrons. The van der Waals surface area contributed by atoms with Crippen molar-refractivity contribution in [3.05, 3.63) is 40.0 Å². The predicted octanol–water partition coefficient (Wildman–Crippen LogP) is 2.55. The van der Waals surface area contributed by atoms with Crippen LogP contribution in [0.1, 0.15) is 19.4 Å². The molecule has 2 rings (SSSR count). The maximum Gasteiger partial charge on any atom is 0.330 e. The molecule has 1 N–H and O–H groups in total. The van der Waals surface area contributed by atoms with E-state index in [9.17, 15) is 14.9 Å². The van der Waals surface area contributed by atoms with E-state index in [4.69, 9.17) is 4.74 Å². The van der Waals surface area contributed by atoms with Gasteiger partial charge in [0, 0.05) is 37.8 Å². The third kappa shape index (κ3) is 6.04. The number of rotatable bonds is 8. The summed E-state index contributed by atoms with van der Waals surface area (Å²) in [7, 11) is 1.28. The van der Waals surface area contributed by atoms with E-state index in [1.54, 1.807) is 12.1 Å². The summed E-state index contributed by atoms with van der Waals surface area (Å²) in [4.78, 5) is 24.6. The van der Waals surface area contributed by atoms with Crippen molar-refractivity contribution in [1.82, 2.24) is 4.90 Å². The first-order valence-electron chi connectivity index (χ1n) is 9.02. The molecule has 0 saturated carbocycles. The predicted molar refractivity (Wildman–Crippen MR) is 104 cm³/mol. The first-order chi connectivity index (χ1) is 12.9. The number of morpholine rings is 1. The number of nitrogens with one attached hydrogen (secondary N) is 1. The second-order valence-electron chi connectivity index (χ2n) is 6.73. The van der Waals surface area contributed by atoms with Crippen LogP contribution in [0.5, 0.6) is 0 Å². The first kappa shape index (κ1) is 20.9. The molecule has 1 aromatic carbocycles. The van der Waals surface area contributed by atoms with Crippen LogP contribution in [0, 0.1) is 16.0 Å². The number of esters is 1. The number of hydrogen-bond acceptors (Lipinski definition) is 7. The molecule has 1 heterocycles. The molecule has 1 aliphatic heterocycles. The number of nitro groups is 1. The van der Waals surface area contributed by atoms with Crippen molar-refractivity contribution in [3.63, 3.8) is 0 Å². The molecule has 0 radical (unpaired) electrons. The van der Waals surface area contributed by atoms with Crippen LogP contribution in [0.2, 0.25) is 0 Å². The molecular formula is C19H27N3O5. The van der Waals surface area contributed by atoms with Crippen molar-refractivity contribution in [2.24, 2.45) is 5.92 Å². The van der Waals surface area contributed by atoms with E-state index >= 15 is 0 Å². The fourth-order valence-electron chi connectivity index (χ4n) is 3.10. The highest BCUT2D eigenvalue weighted by Gasteiger charge is 2.24. The van der Waals surface area contributed by atoms with E-state index < -0.39 is 10.9 Å². The fourth-order valence-corrected chi connectivity index (χ4v) is 3.10. The number of hydrogen-bond donors (Lipinski definition) is 1. The van der Waals surface area contributed by atoms with Crippen LogP contribution in [-0.2, 0) is 14.3 Å². The quantitative estimate of drug-likeness (QED) is 0.322. The van der Waals surface area contributed by atoms with Crippen molar-refractivity contribution in [2.45, 2.75) is 19.9 Å². The first-order valence-corrected chi connectivity index (χ1v) is 9.02. The van der Waals surface area contributed by atoms with E-state index in [0.29, 0.717) is 36.9 Å². The Morgan fingerprint density at radius 2 is 2.11 bits per heavy atom. The van der Waals surface area contributed by atoms with Crippen LogP contribution in [0.25, 0.3) is 6.08 Å². The Bertz CT molecular complexity index is 684. The maximum atomic E-state index is 11.5. The van der Waals surface area contributed by atoms with Crippen LogP contribution in [0.4, 0.5) is 11.4 Å². The molecule has 0 aromatic heterocycles. The molecule has 1 fully saturated rings. The number of nitro benzene ring substituents is 1. The van der Waals surface area contributed by atoms with Gasteiger partial charge in [-0.2, -0.15) is 0 Å². The lowest BCUT2D eigenvalue weighted by atomic mass is 10.0. The highest BCUT2D eigenvalue weighted by Crippen LogP contribution is 2.27. The molecule has 0 aliphatic carbocycles. The highest BCUT2D eigenvalue weighted by atomic mass is 16.6. The SMILES string of the molecule is COC(=O)/C=C/c1ccc(NCC(C(C)C)N2CCOCC2)c([N+](=O)[O-])c1. The van der Waals surface area contributed by atoms with Gasteiger partial charge in [-0.1, -0.05) is 19.9 Å². The summed E-state index contributed by atoms with van der Waals surface area (Å²) in [5.41, 5.74) is 1.01. The van der Waals surface area contributed by atoms with Gasteiger partial charge in [-0.05, 0) is 23.6 Å². The minimum absolute atomic E-state index is 0.0218. The monoisotopic (exact) mass is 377 g/mol. The Hall–Kier alpha value is -2.45. The average molecular weight is 377 g/mol. The number of methoxy groups -OCH3 is 1. The lowest BCUT2D eigenvalue weighted by Crippen LogP contribution is -2.49. The molecule has 0 bridgehead atoms. The zero-order valence-electron chi connectivity index (χ0n) is 16.0. The van der Waals surface area contributed by atoms with Gasteiger partial charge in [0.15, 0.2) is 0 Å². The van der Waals surface area contributed by atoms with Crippen LogP contribution in [0.15, 0.2) is 24.3 Å². The van der Waals surface area contributed by atoms with E-state index in [1.807, 2.05) is 0 Å². The lowest BCUT2D eigenvalue weighted by Gasteiger charge is -2.37. The number of carbonyl (C=O) groups is 1. The van der Waals surface area contributed by atoms with Gasteiger partial charge in [0.25, 0.3) is 5.69 Å². The fraction of sp³-hybridized carbons (Fsp3) is 0.526.